The molecule has 21 heavy (non-hydrogen) atoms. The molecule has 4 nitrogen and oxygen atoms in total. The number of hydrogen-bond donors (Lipinski definition) is 0. The highest BCUT2D eigenvalue weighted by Crippen LogP contribution is 2.29. The Kier molecular flexibility index (Phi) is 4.15. The Morgan fingerprint density at radius 3 is 2.76 bits per heavy atom. The normalized spacial score (nSPS) is 19.4. The monoisotopic (exact) mass is 283 g/mol. The number of piperidine rings is 1. The summed E-state index contributed by atoms with van der Waals surface area (Å²) in [6.07, 6.45) is 6.22. The predicted octanol–water partition coefficient (Wildman–Crippen LogP) is 2.96. The average molecular weight is 283 g/mol. The van der Waals surface area contributed by atoms with Gasteiger partial charge in [0.2, 0.25) is 0 Å². The molecule has 1 aromatic heterocycles. The van der Waals surface area contributed by atoms with E-state index in [0.29, 0.717) is 5.92 Å². The van der Waals surface area contributed by atoms with Crippen LogP contribution in [0.25, 0.3) is 11.3 Å². The standard InChI is InChI=1S/C17H21N3O/c1-20-9-5-6-13(12-20)15-10-19-16(11-18-15)14-7-3-4-8-17(14)21-2/h3-4,7-8,10-11,13H,5-6,9,12H2,1-2H3/t13-/m0/s1. The molecule has 0 aliphatic carbocycles. The third-order valence-electron chi connectivity index (χ3n) is 4.10. The van der Waals surface area contributed by atoms with Crippen LogP contribution in [0.1, 0.15) is 24.5 Å². The molecule has 3 rings (SSSR count). The van der Waals surface area contributed by atoms with Crippen molar-refractivity contribution in [3.63, 3.8) is 0 Å². The van der Waals surface area contributed by atoms with E-state index in [1.54, 1.807) is 7.11 Å². The van der Waals surface area contributed by atoms with E-state index >= 15 is 0 Å². The Morgan fingerprint density at radius 1 is 1.19 bits per heavy atom. The topological polar surface area (TPSA) is 38.2 Å². The van der Waals surface area contributed by atoms with E-state index in [-0.39, 0.29) is 0 Å². The molecular formula is C17H21N3O. The quantitative estimate of drug-likeness (QED) is 0.868. The van der Waals surface area contributed by atoms with E-state index in [2.05, 4.69) is 21.9 Å². The first-order valence-corrected chi connectivity index (χ1v) is 7.42. The number of rotatable bonds is 3. The van der Waals surface area contributed by atoms with Gasteiger partial charge in [-0.2, -0.15) is 0 Å². The molecule has 1 atom stereocenters. The van der Waals surface area contributed by atoms with Gasteiger partial charge in [0, 0.05) is 24.2 Å². The zero-order valence-corrected chi connectivity index (χ0v) is 12.6. The summed E-state index contributed by atoms with van der Waals surface area (Å²) in [7, 11) is 3.85. The smallest absolute Gasteiger partial charge is 0.128 e. The molecule has 1 fully saturated rings. The fourth-order valence-electron chi connectivity index (χ4n) is 2.95. The maximum atomic E-state index is 5.39. The number of benzene rings is 1. The summed E-state index contributed by atoms with van der Waals surface area (Å²) in [6, 6.07) is 7.91. The fourth-order valence-corrected chi connectivity index (χ4v) is 2.95. The fraction of sp³-hybridized carbons (Fsp3) is 0.412. The van der Waals surface area contributed by atoms with Crippen molar-refractivity contribution >= 4 is 0 Å². The van der Waals surface area contributed by atoms with Gasteiger partial charge in [0.25, 0.3) is 0 Å². The maximum Gasteiger partial charge on any atom is 0.128 e. The van der Waals surface area contributed by atoms with Crippen LogP contribution in [0.3, 0.4) is 0 Å². The second-order valence-electron chi connectivity index (χ2n) is 5.63. The van der Waals surface area contributed by atoms with Gasteiger partial charge in [-0.1, -0.05) is 12.1 Å². The van der Waals surface area contributed by atoms with Crippen molar-refractivity contribution in [2.45, 2.75) is 18.8 Å². The van der Waals surface area contributed by atoms with Gasteiger partial charge in [-0.15, -0.1) is 0 Å². The zero-order valence-electron chi connectivity index (χ0n) is 12.6. The van der Waals surface area contributed by atoms with Gasteiger partial charge in [-0.25, -0.2) is 0 Å². The van der Waals surface area contributed by atoms with E-state index in [9.17, 15) is 0 Å². The van der Waals surface area contributed by atoms with Crippen LogP contribution in [0.2, 0.25) is 0 Å². The lowest BCUT2D eigenvalue weighted by Gasteiger charge is -2.29. The van der Waals surface area contributed by atoms with Crippen LogP contribution >= 0.6 is 0 Å². The number of ether oxygens (including phenoxy) is 1. The lowest BCUT2D eigenvalue weighted by Crippen LogP contribution is -2.31. The Hall–Kier alpha value is -1.94. The minimum absolute atomic E-state index is 0.503. The summed E-state index contributed by atoms with van der Waals surface area (Å²) >= 11 is 0. The first-order valence-electron chi connectivity index (χ1n) is 7.42. The highest BCUT2D eigenvalue weighted by Gasteiger charge is 2.20. The molecule has 0 unspecified atom stereocenters. The SMILES string of the molecule is COc1ccccc1-c1cnc([C@H]2CCCN(C)C2)cn1. The van der Waals surface area contributed by atoms with Crippen molar-refractivity contribution in [2.75, 3.05) is 27.2 Å². The van der Waals surface area contributed by atoms with Gasteiger partial charge < -0.3 is 9.64 Å². The van der Waals surface area contributed by atoms with Gasteiger partial charge in [0.05, 0.1) is 24.7 Å². The maximum absolute atomic E-state index is 5.39. The minimum atomic E-state index is 0.503. The average Bonchev–Trinajstić information content (AvgIpc) is 2.55. The van der Waals surface area contributed by atoms with Crippen molar-refractivity contribution in [2.24, 2.45) is 0 Å². The Labute approximate surface area is 125 Å². The molecule has 1 aliphatic rings. The summed E-state index contributed by atoms with van der Waals surface area (Å²) in [6.45, 7) is 2.26. The number of likely N-dealkylation sites (tertiary alicyclic amines) is 1. The number of nitrogens with zero attached hydrogens (tertiary/aromatic N) is 3. The van der Waals surface area contributed by atoms with Crippen molar-refractivity contribution in [3.05, 3.63) is 42.4 Å². The minimum Gasteiger partial charge on any atom is -0.496 e. The first kappa shape index (κ1) is 14.0. The van der Waals surface area contributed by atoms with Crippen LogP contribution in [0.5, 0.6) is 5.75 Å². The lowest BCUT2D eigenvalue weighted by atomic mass is 9.95. The zero-order chi connectivity index (χ0) is 14.7. The molecule has 110 valence electrons. The van der Waals surface area contributed by atoms with E-state index in [0.717, 1.165) is 29.2 Å². The molecule has 0 bridgehead atoms. The van der Waals surface area contributed by atoms with Gasteiger partial charge in [-0.05, 0) is 38.6 Å². The highest BCUT2D eigenvalue weighted by atomic mass is 16.5. The Balaban J connectivity index is 1.83. The third kappa shape index (κ3) is 3.05. The predicted molar refractivity (Wildman–Crippen MR) is 83.5 cm³/mol. The molecule has 4 heteroatoms. The Bertz CT molecular complexity index is 597. The molecule has 1 aliphatic heterocycles. The first-order chi connectivity index (χ1) is 10.3. The lowest BCUT2D eigenvalue weighted by molar-refractivity contribution is 0.248. The van der Waals surface area contributed by atoms with Crippen LogP contribution < -0.4 is 4.74 Å². The number of para-hydroxylation sites is 1. The van der Waals surface area contributed by atoms with Gasteiger partial charge in [-0.3, -0.25) is 9.97 Å². The molecule has 2 heterocycles. The molecule has 0 amide bonds. The molecule has 0 radical (unpaired) electrons. The van der Waals surface area contributed by atoms with E-state index in [1.807, 2.05) is 36.7 Å². The number of aromatic nitrogens is 2. The number of hydrogen-bond acceptors (Lipinski definition) is 4. The van der Waals surface area contributed by atoms with Crippen LogP contribution in [0, 0.1) is 0 Å². The summed E-state index contributed by atoms with van der Waals surface area (Å²) in [4.78, 5) is 11.6. The molecule has 0 N–H and O–H groups in total. The molecule has 0 saturated carbocycles. The second kappa shape index (κ2) is 6.22. The third-order valence-corrected chi connectivity index (χ3v) is 4.10. The van der Waals surface area contributed by atoms with E-state index in [1.165, 1.54) is 19.4 Å². The van der Waals surface area contributed by atoms with Crippen molar-refractivity contribution in [1.82, 2.24) is 14.9 Å². The summed E-state index contributed by atoms with van der Waals surface area (Å²) < 4.78 is 5.39. The van der Waals surface area contributed by atoms with E-state index < -0.39 is 0 Å². The van der Waals surface area contributed by atoms with Crippen molar-refractivity contribution < 1.29 is 4.74 Å². The molecule has 0 spiro atoms. The van der Waals surface area contributed by atoms with Crippen molar-refractivity contribution in [3.8, 4) is 17.0 Å². The molecule has 2 aromatic rings. The number of methoxy groups -OCH3 is 1. The van der Waals surface area contributed by atoms with Gasteiger partial charge in [0.15, 0.2) is 0 Å². The largest absolute Gasteiger partial charge is 0.496 e. The van der Waals surface area contributed by atoms with Crippen LogP contribution in [-0.4, -0.2) is 42.1 Å². The molecular weight excluding hydrogens is 262 g/mol. The molecule has 1 saturated heterocycles. The van der Waals surface area contributed by atoms with Crippen molar-refractivity contribution in [1.29, 1.82) is 0 Å². The van der Waals surface area contributed by atoms with Gasteiger partial charge >= 0.3 is 0 Å². The number of likely N-dealkylation sites (N-methyl/N-ethyl adjacent to an activating group) is 1. The van der Waals surface area contributed by atoms with E-state index in [4.69, 9.17) is 4.74 Å². The van der Waals surface area contributed by atoms with Gasteiger partial charge in [0.1, 0.15) is 5.75 Å². The van der Waals surface area contributed by atoms with Crippen LogP contribution in [0.4, 0.5) is 0 Å². The van der Waals surface area contributed by atoms with Crippen LogP contribution in [-0.2, 0) is 0 Å². The Morgan fingerprint density at radius 2 is 2.05 bits per heavy atom. The second-order valence-corrected chi connectivity index (χ2v) is 5.63. The molecule has 1 aromatic carbocycles. The summed E-state index contributed by atoms with van der Waals surface area (Å²) in [5.74, 6) is 1.33. The van der Waals surface area contributed by atoms with Crippen LogP contribution in [0.15, 0.2) is 36.7 Å². The summed E-state index contributed by atoms with van der Waals surface area (Å²) in [5, 5.41) is 0. The highest BCUT2D eigenvalue weighted by molar-refractivity contribution is 5.66. The summed E-state index contributed by atoms with van der Waals surface area (Å²) in [5.41, 5.74) is 2.94.